The first-order valence-electron chi connectivity index (χ1n) is 13.6. The maximum atomic E-state index is 13.2. The molecule has 0 aliphatic carbocycles. The van der Waals surface area contributed by atoms with Gasteiger partial charge in [0, 0.05) is 61.6 Å². The van der Waals surface area contributed by atoms with Gasteiger partial charge in [-0.3, -0.25) is 14.5 Å². The van der Waals surface area contributed by atoms with E-state index in [0.717, 1.165) is 47.9 Å². The summed E-state index contributed by atoms with van der Waals surface area (Å²) in [5.74, 6) is 2.05. The third-order valence-corrected chi connectivity index (χ3v) is 7.56. The van der Waals surface area contributed by atoms with E-state index >= 15 is 0 Å². The molecular weight excluding hydrogens is 492 g/mol. The number of nitrogens with one attached hydrogen (secondary N) is 1. The van der Waals surface area contributed by atoms with E-state index in [1.54, 1.807) is 0 Å². The highest BCUT2D eigenvalue weighted by atomic mass is 16.7. The van der Waals surface area contributed by atoms with Gasteiger partial charge in [-0.05, 0) is 53.9 Å². The van der Waals surface area contributed by atoms with Crippen LogP contribution in [-0.2, 0) is 6.54 Å². The monoisotopic (exact) mass is 526 g/mol. The Balaban J connectivity index is 1.06. The maximum Gasteiger partial charge on any atom is 0.256 e. The van der Waals surface area contributed by atoms with Crippen LogP contribution in [0.25, 0.3) is 0 Å². The van der Waals surface area contributed by atoms with Crippen molar-refractivity contribution in [2.75, 3.05) is 44.8 Å². The fourth-order valence-electron chi connectivity index (χ4n) is 5.56. The molecule has 0 aromatic heterocycles. The smallest absolute Gasteiger partial charge is 0.256 e. The molecule has 39 heavy (non-hydrogen) atoms. The highest BCUT2D eigenvalue weighted by Crippen LogP contribution is 2.35. The molecule has 1 atom stereocenters. The average molecular weight is 527 g/mol. The Kier molecular flexibility index (Phi) is 6.87. The molecule has 8 nitrogen and oxygen atoms in total. The number of hydrogen-bond donors (Lipinski definition) is 1. The molecule has 3 aromatic carbocycles. The average Bonchev–Trinajstić information content (AvgIpc) is 3.52. The number of rotatable bonds is 7. The van der Waals surface area contributed by atoms with Crippen LogP contribution < -0.4 is 14.8 Å². The Morgan fingerprint density at radius 1 is 0.949 bits per heavy atom. The van der Waals surface area contributed by atoms with Crippen molar-refractivity contribution < 1.29 is 19.1 Å². The Bertz CT molecular complexity index is 1370. The van der Waals surface area contributed by atoms with Gasteiger partial charge in [0.2, 0.25) is 6.79 Å². The standard InChI is InChI=1S/C31H34N4O4/c1-21(2)18-35-29(25-5-3-4-6-26(25)31(35)37)32-24-10-8-23(9-11-24)30(36)34-15-13-33(14-16-34)19-22-7-12-27-28(17-22)39-20-38-27/h3-12,17,21,29,32H,13-16,18-20H2,1-2H3. The molecule has 8 heteroatoms. The lowest BCUT2D eigenvalue weighted by Crippen LogP contribution is -2.48. The summed E-state index contributed by atoms with van der Waals surface area (Å²) in [7, 11) is 0. The molecule has 2 amide bonds. The van der Waals surface area contributed by atoms with Gasteiger partial charge in [-0.15, -0.1) is 0 Å². The van der Waals surface area contributed by atoms with Crippen molar-refractivity contribution in [2.24, 2.45) is 5.92 Å². The van der Waals surface area contributed by atoms with Crippen LogP contribution >= 0.6 is 0 Å². The number of carbonyl (C=O) groups is 2. The van der Waals surface area contributed by atoms with Crippen LogP contribution in [-0.4, -0.2) is 66.0 Å². The molecule has 1 N–H and O–H groups in total. The Morgan fingerprint density at radius 2 is 1.69 bits per heavy atom. The number of piperazine rings is 1. The van der Waals surface area contributed by atoms with E-state index in [9.17, 15) is 9.59 Å². The molecule has 6 rings (SSSR count). The van der Waals surface area contributed by atoms with Gasteiger partial charge in [0.25, 0.3) is 11.8 Å². The Hall–Kier alpha value is -4.04. The third kappa shape index (κ3) is 5.16. The summed E-state index contributed by atoms with van der Waals surface area (Å²) < 4.78 is 10.9. The zero-order valence-corrected chi connectivity index (χ0v) is 22.4. The summed E-state index contributed by atoms with van der Waals surface area (Å²) in [6, 6.07) is 21.5. The van der Waals surface area contributed by atoms with E-state index in [-0.39, 0.29) is 24.8 Å². The minimum Gasteiger partial charge on any atom is -0.454 e. The summed E-state index contributed by atoms with van der Waals surface area (Å²) in [6.07, 6.45) is -0.226. The lowest BCUT2D eigenvalue weighted by molar-refractivity contribution is 0.0628. The molecule has 202 valence electrons. The minimum atomic E-state index is -0.226. The van der Waals surface area contributed by atoms with Crippen LogP contribution in [0.2, 0.25) is 0 Å². The summed E-state index contributed by atoms with van der Waals surface area (Å²) in [4.78, 5) is 32.5. The molecule has 0 radical (unpaired) electrons. The van der Waals surface area contributed by atoms with Crippen LogP contribution in [0.3, 0.4) is 0 Å². The number of benzene rings is 3. The summed E-state index contributed by atoms with van der Waals surface area (Å²) in [5.41, 5.74) is 4.47. The summed E-state index contributed by atoms with van der Waals surface area (Å²) in [5, 5.41) is 3.53. The largest absolute Gasteiger partial charge is 0.454 e. The van der Waals surface area contributed by atoms with Crippen molar-refractivity contribution >= 4 is 17.5 Å². The van der Waals surface area contributed by atoms with E-state index in [1.807, 2.05) is 70.5 Å². The summed E-state index contributed by atoms with van der Waals surface area (Å²) >= 11 is 0. The molecule has 0 bridgehead atoms. The SMILES string of the molecule is CC(C)CN1C(=O)c2ccccc2C1Nc1ccc(C(=O)N2CCN(Cc3ccc4c(c3)OCO4)CC2)cc1. The molecule has 0 spiro atoms. The second kappa shape index (κ2) is 10.6. The topological polar surface area (TPSA) is 74.4 Å². The van der Waals surface area contributed by atoms with Crippen molar-refractivity contribution in [3.8, 4) is 11.5 Å². The number of amides is 2. The molecule has 0 saturated carbocycles. The van der Waals surface area contributed by atoms with Gasteiger partial charge < -0.3 is 24.6 Å². The molecule has 3 aliphatic rings. The maximum absolute atomic E-state index is 13.2. The number of hydrogen-bond acceptors (Lipinski definition) is 6. The molecule has 3 aromatic rings. The van der Waals surface area contributed by atoms with Gasteiger partial charge in [0.1, 0.15) is 6.17 Å². The van der Waals surface area contributed by atoms with Crippen LogP contribution in [0, 0.1) is 5.92 Å². The van der Waals surface area contributed by atoms with Gasteiger partial charge in [-0.25, -0.2) is 0 Å². The predicted octanol–water partition coefficient (Wildman–Crippen LogP) is 4.60. The number of anilines is 1. The zero-order chi connectivity index (χ0) is 26.9. The van der Waals surface area contributed by atoms with E-state index in [4.69, 9.17) is 9.47 Å². The zero-order valence-electron chi connectivity index (χ0n) is 22.4. The van der Waals surface area contributed by atoms with Crippen LogP contribution in [0.1, 0.15) is 51.9 Å². The van der Waals surface area contributed by atoms with Crippen molar-refractivity contribution in [2.45, 2.75) is 26.6 Å². The summed E-state index contributed by atoms with van der Waals surface area (Å²) in [6.45, 7) is 9.02. The molecule has 1 fully saturated rings. The van der Waals surface area contributed by atoms with Gasteiger partial charge >= 0.3 is 0 Å². The van der Waals surface area contributed by atoms with Crippen LogP contribution in [0.5, 0.6) is 11.5 Å². The molecular formula is C31H34N4O4. The molecule has 1 unspecified atom stereocenters. The first-order chi connectivity index (χ1) is 19.0. The van der Waals surface area contributed by atoms with Gasteiger partial charge in [-0.2, -0.15) is 0 Å². The quantitative estimate of drug-likeness (QED) is 0.485. The molecule has 1 saturated heterocycles. The highest BCUT2D eigenvalue weighted by molar-refractivity contribution is 5.99. The van der Waals surface area contributed by atoms with Crippen molar-refractivity contribution in [3.05, 3.63) is 89.0 Å². The molecule has 3 aliphatic heterocycles. The second-order valence-corrected chi connectivity index (χ2v) is 10.8. The van der Waals surface area contributed by atoms with E-state index in [0.29, 0.717) is 31.1 Å². The lowest BCUT2D eigenvalue weighted by Gasteiger charge is -2.35. The number of ether oxygens (including phenoxy) is 2. The van der Waals surface area contributed by atoms with Gasteiger partial charge in [0.05, 0.1) is 0 Å². The Labute approximate surface area is 229 Å². The van der Waals surface area contributed by atoms with Crippen molar-refractivity contribution in [1.29, 1.82) is 0 Å². The van der Waals surface area contributed by atoms with Gasteiger partial charge in [-0.1, -0.05) is 38.1 Å². The second-order valence-electron chi connectivity index (χ2n) is 10.8. The first kappa shape index (κ1) is 25.2. The number of carbonyl (C=O) groups excluding carboxylic acids is 2. The fraction of sp³-hybridized carbons (Fsp3) is 0.355. The number of nitrogens with zero attached hydrogens (tertiary/aromatic N) is 3. The van der Waals surface area contributed by atoms with Crippen LogP contribution in [0.15, 0.2) is 66.7 Å². The van der Waals surface area contributed by atoms with E-state index in [2.05, 4.69) is 30.1 Å². The molecule has 3 heterocycles. The number of fused-ring (bicyclic) bond motifs is 2. The highest BCUT2D eigenvalue weighted by Gasteiger charge is 2.36. The van der Waals surface area contributed by atoms with E-state index < -0.39 is 0 Å². The van der Waals surface area contributed by atoms with Crippen molar-refractivity contribution in [3.63, 3.8) is 0 Å². The first-order valence-corrected chi connectivity index (χ1v) is 13.6. The lowest BCUT2D eigenvalue weighted by atomic mass is 10.1. The third-order valence-electron chi connectivity index (χ3n) is 7.56. The Morgan fingerprint density at radius 3 is 2.46 bits per heavy atom. The normalized spacial score (nSPS) is 18.5. The van der Waals surface area contributed by atoms with Gasteiger partial charge in [0.15, 0.2) is 11.5 Å². The van der Waals surface area contributed by atoms with Crippen molar-refractivity contribution in [1.82, 2.24) is 14.7 Å². The van der Waals surface area contributed by atoms with Crippen LogP contribution in [0.4, 0.5) is 5.69 Å². The van der Waals surface area contributed by atoms with E-state index in [1.165, 1.54) is 5.56 Å². The minimum absolute atomic E-state index is 0.0482. The fourth-order valence-corrected chi connectivity index (χ4v) is 5.56. The predicted molar refractivity (Wildman–Crippen MR) is 149 cm³/mol.